The molecule has 7 nitrogen and oxygen atoms in total. The van der Waals surface area contributed by atoms with Crippen LogP contribution in [0.3, 0.4) is 0 Å². The standard InChI is InChI=1S/C15H17N3O4/c1-9-16-14(22-17-9)10-7-18(8-10)15(19)12-5-4-11(20-2)6-13(12)21-3/h4-6,10H,7-8H2,1-3H3. The molecule has 0 aliphatic carbocycles. The van der Waals surface area contributed by atoms with Crippen molar-refractivity contribution in [3.8, 4) is 11.5 Å². The topological polar surface area (TPSA) is 77.7 Å². The third kappa shape index (κ3) is 2.49. The normalized spacial score (nSPS) is 14.6. The Morgan fingerprint density at radius 1 is 1.32 bits per heavy atom. The lowest BCUT2D eigenvalue weighted by atomic mass is 9.98. The van der Waals surface area contributed by atoms with Gasteiger partial charge in [-0.25, -0.2) is 0 Å². The first-order chi connectivity index (χ1) is 10.6. The summed E-state index contributed by atoms with van der Waals surface area (Å²) in [5, 5.41) is 3.77. The number of carbonyl (C=O) groups is 1. The molecular weight excluding hydrogens is 286 g/mol. The summed E-state index contributed by atoms with van der Waals surface area (Å²) in [7, 11) is 3.11. The van der Waals surface area contributed by atoms with Crippen molar-refractivity contribution in [2.45, 2.75) is 12.8 Å². The summed E-state index contributed by atoms with van der Waals surface area (Å²) in [6.45, 7) is 2.90. The highest BCUT2D eigenvalue weighted by Crippen LogP contribution is 2.31. The van der Waals surface area contributed by atoms with Crippen molar-refractivity contribution in [2.75, 3.05) is 27.3 Å². The summed E-state index contributed by atoms with van der Waals surface area (Å²) >= 11 is 0. The van der Waals surface area contributed by atoms with Crippen LogP contribution in [0, 0.1) is 6.92 Å². The number of methoxy groups -OCH3 is 2. The fraction of sp³-hybridized carbons (Fsp3) is 0.400. The Morgan fingerprint density at radius 3 is 2.68 bits per heavy atom. The molecule has 0 radical (unpaired) electrons. The van der Waals surface area contributed by atoms with E-state index in [9.17, 15) is 4.79 Å². The summed E-state index contributed by atoms with van der Waals surface area (Å²) < 4.78 is 15.5. The lowest BCUT2D eigenvalue weighted by Gasteiger charge is -2.37. The van der Waals surface area contributed by atoms with E-state index in [-0.39, 0.29) is 11.8 Å². The molecule has 1 fully saturated rings. The van der Waals surface area contributed by atoms with E-state index >= 15 is 0 Å². The van der Waals surface area contributed by atoms with Gasteiger partial charge in [-0.05, 0) is 19.1 Å². The highest BCUT2D eigenvalue weighted by molar-refractivity contribution is 5.97. The van der Waals surface area contributed by atoms with Crippen molar-refractivity contribution in [1.29, 1.82) is 0 Å². The summed E-state index contributed by atoms with van der Waals surface area (Å²) in [4.78, 5) is 18.5. The third-order valence-electron chi connectivity index (χ3n) is 3.70. The zero-order valence-electron chi connectivity index (χ0n) is 12.7. The molecule has 7 heteroatoms. The lowest BCUT2D eigenvalue weighted by molar-refractivity contribution is 0.0566. The molecule has 2 aromatic rings. The van der Waals surface area contributed by atoms with Crippen LogP contribution in [0.1, 0.15) is 28.0 Å². The Hall–Kier alpha value is -2.57. The summed E-state index contributed by atoms with van der Waals surface area (Å²) in [5.74, 6) is 2.37. The number of hydrogen-bond donors (Lipinski definition) is 0. The Morgan fingerprint density at radius 2 is 2.09 bits per heavy atom. The average molecular weight is 303 g/mol. The molecule has 0 bridgehead atoms. The highest BCUT2D eigenvalue weighted by Gasteiger charge is 2.36. The molecule has 0 spiro atoms. The van der Waals surface area contributed by atoms with Crippen molar-refractivity contribution in [2.24, 2.45) is 0 Å². The molecule has 0 saturated carbocycles. The largest absolute Gasteiger partial charge is 0.497 e. The number of nitrogens with zero attached hydrogens (tertiary/aromatic N) is 3. The second-order valence-electron chi connectivity index (χ2n) is 5.15. The fourth-order valence-corrected chi connectivity index (χ4v) is 2.43. The third-order valence-corrected chi connectivity index (χ3v) is 3.70. The SMILES string of the molecule is COc1ccc(C(=O)N2CC(c3nc(C)no3)C2)c(OC)c1. The number of aryl methyl sites for hydroxylation is 1. The molecule has 1 aliphatic rings. The fourth-order valence-electron chi connectivity index (χ4n) is 2.43. The Kier molecular flexibility index (Phi) is 3.70. The van der Waals surface area contributed by atoms with Gasteiger partial charge in [0.25, 0.3) is 5.91 Å². The zero-order chi connectivity index (χ0) is 15.7. The lowest BCUT2D eigenvalue weighted by Crippen LogP contribution is -2.48. The van der Waals surface area contributed by atoms with E-state index in [1.807, 2.05) is 0 Å². The van der Waals surface area contributed by atoms with Crippen molar-refractivity contribution in [3.63, 3.8) is 0 Å². The molecule has 3 rings (SSSR count). The second kappa shape index (κ2) is 5.67. The van der Waals surface area contributed by atoms with Crippen LogP contribution in [0.15, 0.2) is 22.7 Å². The number of ether oxygens (including phenoxy) is 2. The Bertz CT molecular complexity index is 692. The van der Waals surface area contributed by atoms with Gasteiger partial charge in [-0.2, -0.15) is 4.98 Å². The first kappa shape index (κ1) is 14.4. The van der Waals surface area contributed by atoms with Crippen LogP contribution in [0.4, 0.5) is 0 Å². The maximum absolute atomic E-state index is 12.5. The minimum Gasteiger partial charge on any atom is -0.497 e. The number of aromatic nitrogens is 2. The summed E-state index contributed by atoms with van der Waals surface area (Å²) in [6.07, 6.45) is 0. The van der Waals surface area contributed by atoms with Gasteiger partial charge in [0.2, 0.25) is 5.89 Å². The van der Waals surface area contributed by atoms with Crippen LogP contribution in [0.25, 0.3) is 0 Å². The van der Waals surface area contributed by atoms with Gasteiger partial charge in [-0.15, -0.1) is 0 Å². The molecule has 1 saturated heterocycles. The van der Waals surface area contributed by atoms with E-state index in [4.69, 9.17) is 14.0 Å². The van der Waals surface area contributed by atoms with Gasteiger partial charge in [-0.1, -0.05) is 5.16 Å². The minimum atomic E-state index is -0.0769. The molecule has 1 aromatic heterocycles. The molecule has 2 heterocycles. The van der Waals surface area contributed by atoms with Crippen molar-refractivity contribution in [3.05, 3.63) is 35.5 Å². The molecule has 0 N–H and O–H groups in total. The molecule has 1 amide bonds. The van der Waals surface area contributed by atoms with E-state index in [0.717, 1.165) is 0 Å². The van der Waals surface area contributed by atoms with Gasteiger partial charge in [0.05, 0.1) is 25.7 Å². The molecular formula is C15H17N3O4. The quantitative estimate of drug-likeness (QED) is 0.854. The zero-order valence-corrected chi connectivity index (χ0v) is 12.7. The summed E-state index contributed by atoms with van der Waals surface area (Å²) in [6, 6.07) is 5.16. The van der Waals surface area contributed by atoms with Crippen LogP contribution in [-0.2, 0) is 0 Å². The number of carbonyl (C=O) groups excluding carboxylic acids is 1. The van der Waals surface area contributed by atoms with E-state index < -0.39 is 0 Å². The van der Waals surface area contributed by atoms with Gasteiger partial charge in [0, 0.05) is 19.2 Å². The van der Waals surface area contributed by atoms with Crippen molar-refractivity contribution < 1.29 is 18.8 Å². The van der Waals surface area contributed by atoms with Crippen molar-refractivity contribution in [1.82, 2.24) is 15.0 Å². The van der Waals surface area contributed by atoms with E-state index in [0.29, 0.717) is 41.9 Å². The van der Waals surface area contributed by atoms with E-state index in [2.05, 4.69) is 10.1 Å². The van der Waals surface area contributed by atoms with Crippen LogP contribution in [0.5, 0.6) is 11.5 Å². The van der Waals surface area contributed by atoms with Gasteiger partial charge in [0.1, 0.15) is 11.5 Å². The highest BCUT2D eigenvalue weighted by atomic mass is 16.5. The number of amides is 1. The molecule has 0 atom stereocenters. The van der Waals surface area contributed by atoms with Gasteiger partial charge in [-0.3, -0.25) is 4.79 Å². The molecule has 1 aromatic carbocycles. The van der Waals surface area contributed by atoms with Gasteiger partial charge in [0.15, 0.2) is 5.82 Å². The molecule has 22 heavy (non-hydrogen) atoms. The predicted octanol–water partition coefficient (Wildman–Crippen LogP) is 1.63. The Balaban J connectivity index is 1.71. The average Bonchev–Trinajstić information content (AvgIpc) is 2.91. The first-order valence-corrected chi connectivity index (χ1v) is 6.94. The maximum atomic E-state index is 12.5. The van der Waals surface area contributed by atoms with Crippen LogP contribution in [-0.4, -0.2) is 48.3 Å². The van der Waals surface area contributed by atoms with Gasteiger partial charge < -0.3 is 18.9 Å². The molecule has 0 unspecified atom stereocenters. The van der Waals surface area contributed by atoms with Crippen LogP contribution in [0.2, 0.25) is 0 Å². The molecule has 116 valence electrons. The number of rotatable bonds is 4. The molecule has 1 aliphatic heterocycles. The number of likely N-dealkylation sites (tertiary alicyclic amines) is 1. The number of hydrogen-bond acceptors (Lipinski definition) is 6. The summed E-state index contributed by atoms with van der Waals surface area (Å²) in [5.41, 5.74) is 0.517. The minimum absolute atomic E-state index is 0.0769. The smallest absolute Gasteiger partial charge is 0.257 e. The van der Waals surface area contributed by atoms with Crippen LogP contribution < -0.4 is 9.47 Å². The van der Waals surface area contributed by atoms with Gasteiger partial charge >= 0.3 is 0 Å². The van der Waals surface area contributed by atoms with Crippen molar-refractivity contribution >= 4 is 5.91 Å². The van der Waals surface area contributed by atoms with E-state index in [1.165, 1.54) is 7.11 Å². The Labute approximate surface area is 127 Å². The van der Waals surface area contributed by atoms with Crippen LogP contribution >= 0.6 is 0 Å². The maximum Gasteiger partial charge on any atom is 0.257 e. The first-order valence-electron chi connectivity index (χ1n) is 6.94. The predicted molar refractivity (Wildman–Crippen MR) is 77.2 cm³/mol. The monoisotopic (exact) mass is 303 g/mol. The van der Waals surface area contributed by atoms with E-state index in [1.54, 1.807) is 37.1 Å². The number of benzene rings is 1. The second-order valence-corrected chi connectivity index (χ2v) is 5.15.